The lowest BCUT2D eigenvalue weighted by Crippen LogP contribution is -2.13. The second-order valence-electron chi connectivity index (χ2n) is 22.0. The fourth-order valence-electron chi connectivity index (χ4n) is 12.8. The first-order chi connectivity index (χ1) is 41.4. The van der Waals surface area contributed by atoms with Crippen molar-refractivity contribution in [3.05, 3.63) is 284 Å². The summed E-state index contributed by atoms with van der Waals surface area (Å²) in [6.45, 7) is 6.53. The molecule has 5 heterocycles. The molecule has 16 rings (SSSR count). The van der Waals surface area contributed by atoms with Crippen molar-refractivity contribution in [1.29, 1.82) is 0 Å². The molecule has 0 fully saturated rings. The molecule has 11 aromatic carbocycles. The largest absolute Gasteiger partial charge is 0.308 e. The summed E-state index contributed by atoms with van der Waals surface area (Å²) in [6, 6.07) is 95.6. The molecule has 0 bridgehead atoms. The predicted molar refractivity (Wildman–Crippen MR) is 347 cm³/mol. The van der Waals surface area contributed by atoms with Crippen LogP contribution in [0.2, 0.25) is 0 Å². The fourth-order valence-corrected chi connectivity index (χ4v) is 12.8. The van der Waals surface area contributed by atoms with Crippen molar-refractivity contribution in [2.45, 2.75) is 20.8 Å². The topological polar surface area (TPSA) is 66.3 Å². The summed E-state index contributed by atoms with van der Waals surface area (Å²) in [5, 5.41) is 6.83. The maximum atomic E-state index is 5.87. The van der Waals surface area contributed by atoms with E-state index >= 15 is 0 Å². The van der Waals surface area contributed by atoms with Gasteiger partial charge in [-0.1, -0.05) is 211 Å². The Morgan fingerprint density at radius 1 is 0.238 bits per heavy atom. The van der Waals surface area contributed by atoms with E-state index in [1.165, 1.54) is 16.7 Å². The third kappa shape index (κ3) is 7.96. The van der Waals surface area contributed by atoms with Crippen molar-refractivity contribution >= 4 is 65.4 Å². The number of aromatic nitrogens is 7. The van der Waals surface area contributed by atoms with E-state index in [4.69, 9.17) is 19.9 Å². The Bertz CT molecular complexity index is 4890. The van der Waals surface area contributed by atoms with Gasteiger partial charge in [-0.2, -0.15) is 0 Å². The highest BCUT2D eigenvalue weighted by atomic mass is 15.1. The molecule has 84 heavy (non-hydrogen) atoms. The fraction of sp³-hybridized carbons (Fsp3) is 0.0390. The smallest absolute Gasteiger partial charge is 0.164 e. The number of nitrogens with zero attached hydrogens (tertiary/aromatic N) is 7. The monoisotopic (exact) mass is 1080 g/mol. The molecule has 0 atom stereocenters. The summed E-state index contributed by atoms with van der Waals surface area (Å²) < 4.78 is 7.40. The molecular formula is C77H53N7. The molecule has 0 aliphatic carbocycles. The zero-order valence-corrected chi connectivity index (χ0v) is 46.5. The van der Waals surface area contributed by atoms with Crippen molar-refractivity contribution in [2.24, 2.45) is 0 Å². The van der Waals surface area contributed by atoms with Crippen LogP contribution in [0.4, 0.5) is 0 Å². The van der Waals surface area contributed by atoms with Gasteiger partial charge in [-0.15, -0.1) is 0 Å². The first-order valence-corrected chi connectivity index (χ1v) is 28.6. The number of benzene rings is 11. The minimum Gasteiger partial charge on any atom is -0.308 e. The van der Waals surface area contributed by atoms with Crippen LogP contribution in [-0.2, 0) is 0 Å². The third-order valence-electron chi connectivity index (χ3n) is 16.6. The molecule has 0 spiro atoms. The van der Waals surface area contributed by atoms with Crippen LogP contribution in [0.15, 0.2) is 267 Å². The molecule has 0 saturated carbocycles. The highest BCUT2D eigenvalue weighted by Crippen LogP contribution is 2.50. The zero-order chi connectivity index (χ0) is 56.0. The summed E-state index contributed by atoms with van der Waals surface area (Å²) in [6.07, 6.45) is 0. The normalized spacial score (nSPS) is 11.8. The van der Waals surface area contributed by atoms with E-state index in [1.807, 2.05) is 0 Å². The highest BCUT2D eigenvalue weighted by molar-refractivity contribution is 6.15. The Kier molecular flexibility index (Phi) is 11.4. The Morgan fingerprint density at radius 2 is 0.512 bits per heavy atom. The molecule has 0 saturated heterocycles. The minimum atomic E-state index is 0.546. The lowest BCUT2D eigenvalue weighted by Gasteiger charge is -2.26. The van der Waals surface area contributed by atoms with E-state index in [0.717, 1.165) is 139 Å². The molecule has 5 aromatic heterocycles. The molecule has 0 radical (unpaired) electrons. The summed E-state index contributed by atoms with van der Waals surface area (Å²) >= 11 is 0. The van der Waals surface area contributed by atoms with Gasteiger partial charge in [-0.05, 0) is 93.6 Å². The lowest BCUT2D eigenvalue weighted by atomic mass is 9.97. The van der Waals surface area contributed by atoms with Gasteiger partial charge in [0, 0.05) is 54.6 Å². The number of hydrogen-bond acceptors (Lipinski definition) is 4. The third-order valence-corrected chi connectivity index (χ3v) is 16.6. The van der Waals surface area contributed by atoms with Crippen LogP contribution in [0.25, 0.3) is 150 Å². The SMILES string of the molecule is Cc1ccc2c(c1)c1ccccc1n2-c1cc(-n2c3ccccc3c3cc(C)ccc32)c(-c2nc(-c3ccccc3)cc(-c3ccccc3)n2)c(-n2c3ccccc3c3cc(C)ccc32)c1-c1nc(-c2ccccc2)cc(-c2ccccc2)n1. The van der Waals surface area contributed by atoms with Crippen LogP contribution in [0, 0.1) is 20.8 Å². The van der Waals surface area contributed by atoms with Crippen LogP contribution >= 0.6 is 0 Å². The van der Waals surface area contributed by atoms with E-state index < -0.39 is 0 Å². The van der Waals surface area contributed by atoms with Crippen molar-refractivity contribution < 1.29 is 0 Å². The standard InChI is InChI=1S/C77H53N7/c1-48-36-39-68-58(42-48)55-30-16-19-33-65(55)82(68)71-47-72(83-66-34-20-17-31-56(66)59-43-49(2)37-40-69(59)83)74(77-80-63(53-26-12-6-13-27-53)46-64(81-77)54-28-14-7-15-29-54)75(84-67-35-21-18-32-57(67)60-44-50(3)38-41-70(60)84)73(71)76-78-61(51-22-8-4-9-23-51)45-62(79-76)52-24-10-5-11-25-52/h4-47H,1-3H3. The van der Waals surface area contributed by atoms with Gasteiger partial charge in [0.05, 0.1) is 84.1 Å². The number of fused-ring (bicyclic) bond motifs is 9. The molecule has 0 N–H and O–H groups in total. The Morgan fingerprint density at radius 3 is 0.845 bits per heavy atom. The van der Waals surface area contributed by atoms with Gasteiger partial charge in [-0.25, -0.2) is 19.9 Å². The lowest BCUT2D eigenvalue weighted by molar-refractivity contribution is 1.07. The van der Waals surface area contributed by atoms with Gasteiger partial charge in [0.2, 0.25) is 0 Å². The van der Waals surface area contributed by atoms with Crippen LogP contribution in [0.5, 0.6) is 0 Å². The van der Waals surface area contributed by atoms with Gasteiger partial charge >= 0.3 is 0 Å². The van der Waals surface area contributed by atoms with E-state index in [0.29, 0.717) is 11.6 Å². The van der Waals surface area contributed by atoms with Crippen molar-refractivity contribution in [3.8, 4) is 84.9 Å². The van der Waals surface area contributed by atoms with Gasteiger partial charge in [0.1, 0.15) is 0 Å². The van der Waals surface area contributed by atoms with E-state index in [-0.39, 0.29) is 0 Å². The Balaban J connectivity index is 1.22. The maximum absolute atomic E-state index is 5.87. The van der Waals surface area contributed by atoms with E-state index in [2.05, 4.69) is 301 Å². The van der Waals surface area contributed by atoms with Crippen molar-refractivity contribution in [3.63, 3.8) is 0 Å². The Labute approximate surface area is 485 Å². The second kappa shape index (κ2) is 19.6. The summed E-state index contributed by atoms with van der Waals surface area (Å²) in [5.41, 5.74) is 21.1. The van der Waals surface area contributed by atoms with Gasteiger partial charge in [0.25, 0.3) is 0 Å². The van der Waals surface area contributed by atoms with E-state index in [1.54, 1.807) is 0 Å². The first-order valence-electron chi connectivity index (χ1n) is 28.6. The average molecular weight is 1080 g/mol. The molecule has 7 nitrogen and oxygen atoms in total. The van der Waals surface area contributed by atoms with Crippen LogP contribution in [0.3, 0.4) is 0 Å². The molecule has 0 amide bonds. The van der Waals surface area contributed by atoms with Gasteiger partial charge < -0.3 is 13.7 Å². The number of rotatable bonds is 9. The van der Waals surface area contributed by atoms with Gasteiger partial charge in [-0.3, -0.25) is 0 Å². The molecule has 396 valence electrons. The van der Waals surface area contributed by atoms with E-state index in [9.17, 15) is 0 Å². The highest BCUT2D eigenvalue weighted by Gasteiger charge is 2.33. The molecular weight excluding hydrogens is 1020 g/mol. The molecule has 0 aliphatic heterocycles. The minimum absolute atomic E-state index is 0.546. The van der Waals surface area contributed by atoms with Crippen molar-refractivity contribution in [1.82, 2.24) is 33.6 Å². The number of aryl methyl sites for hydroxylation is 3. The number of para-hydroxylation sites is 3. The summed E-state index contributed by atoms with van der Waals surface area (Å²) in [5.74, 6) is 1.09. The summed E-state index contributed by atoms with van der Waals surface area (Å²) in [4.78, 5) is 23.5. The van der Waals surface area contributed by atoms with Crippen LogP contribution < -0.4 is 0 Å². The van der Waals surface area contributed by atoms with Crippen LogP contribution in [-0.4, -0.2) is 33.6 Å². The zero-order valence-electron chi connectivity index (χ0n) is 46.5. The average Bonchev–Trinajstić information content (AvgIpc) is 1.69. The maximum Gasteiger partial charge on any atom is 0.164 e. The first kappa shape index (κ1) is 48.8. The molecule has 16 aromatic rings. The molecule has 0 aliphatic rings. The Hall–Kier alpha value is -11.0. The quantitative estimate of drug-likeness (QED) is 0.144. The summed E-state index contributed by atoms with van der Waals surface area (Å²) in [7, 11) is 0. The van der Waals surface area contributed by atoms with Gasteiger partial charge in [0.15, 0.2) is 11.6 Å². The van der Waals surface area contributed by atoms with Crippen molar-refractivity contribution in [2.75, 3.05) is 0 Å². The molecule has 0 unspecified atom stereocenters. The van der Waals surface area contributed by atoms with Crippen LogP contribution in [0.1, 0.15) is 16.7 Å². The molecule has 7 heteroatoms. The predicted octanol–water partition coefficient (Wildman–Crippen LogP) is 19.5. The second-order valence-corrected chi connectivity index (χ2v) is 22.0. The number of hydrogen-bond donors (Lipinski definition) is 0.